The molecule has 1 unspecified atom stereocenters. The van der Waals surface area contributed by atoms with E-state index in [0.29, 0.717) is 22.2 Å². The van der Waals surface area contributed by atoms with Gasteiger partial charge in [-0.15, -0.1) is 11.3 Å². The molecule has 0 spiro atoms. The molecule has 1 aliphatic carbocycles. The Morgan fingerprint density at radius 3 is 3.00 bits per heavy atom. The molecule has 1 atom stereocenters. The zero-order valence-electron chi connectivity index (χ0n) is 10.1. The van der Waals surface area contributed by atoms with Crippen molar-refractivity contribution in [2.24, 2.45) is 5.92 Å². The first kappa shape index (κ1) is 12.8. The number of esters is 1. The van der Waals surface area contributed by atoms with E-state index in [4.69, 9.17) is 0 Å². The average molecular weight is 265 g/mol. The van der Waals surface area contributed by atoms with Gasteiger partial charge in [-0.2, -0.15) is 0 Å². The maximum atomic E-state index is 11.8. The van der Waals surface area contributed by atoms with Crippen molar-refractivity contribution in [3.8, 4) is 0 Å². The van der Waals surface area contributed by atoms with E-state index in [1.165, 1.54) is 18.4 Å². The van der Waals surface area contributed by atoms with E-state index in [-0.39, 0.29) is 11.9 Å². The summed E-state index contributed by atoms with van der Waals surface area (Å²) in [5, 5.41) is 3.49. The van der Waals surface area contributed by atoms with Crippen molar-refractivity contribution in [3.05, 3.63) is 29.2 Å². The lowest BCUT2D eigenvalue weighted by Crippen LogP contribution is -2.13. The molecule has 2 rings (SSSR count). The lowest BCUT2D eigenvalue weighted by Gasteiger charge is -2.06. The van der Waals surface area contributed by atoms with Crippen LogP contribution >= 0.6 is 11.3 Å². The summed E-state index contributed by atoms with van der Waals surface area (Å²) in [6.45, 7) is 0. The van der Waals surface area contributed by atoms with E-state index in [2.05, 4.69) is 22.2 Å². The average Bonchev–Trinajstić information content (AvgIpc) is 2.99. The van der Waals surface area contributed by atoms with Gasteiger partial charge >= 0.3 is 5.97 Å². The Hall–Kier alpha value is -1.62. The normalized spacial score (nSPS) is 17.7. The number of nitrogens with one attached hydrogen (secondary N) is 1. The molecule has 0 aliphatic heterocycles. The van der Waals surface area contributed by atoms with Crippen LogP contribution in [-0.4, -0.2) is 19.0 Å². The van der Waals surface area contributed by atoms with Gasteiger partial charge in [-0.25, -0.2) is 4.79 Å². The van der Waals surface area contributed by atoms with Crippen molar-refractivity contribution in [1.82, 2.24) is 0 Å². The largest absolute Gasteiger partial charge is 0.465 e. The van der Waals surface area contributed by atoms with Crippen LogP contribution in [0.1, 0.15) is 28.9 Å². The van der Waals surface area contributed by atoms with E-state index in [1.54, 1.807) is 12.1 Å². The smallest absolute Gasteiger partial charge is 0.348 e. The predicted octanol–water partition coefficient (Wildman–Crippen LogP) is 2.83. The zero-order chi connectivity index (χ0) is 13.0. The van der Waals surface area contributed by atoms with Gasteiger partial charge in [-0.05, 0) is 30.9 Å². The number of ether oxygens (including phenoxy) is 1. The zero-order valence-corrected chi connectivity index (χ0v) is 11.0. The van der Waals surface area contributed by atoms with Crippen LogP contribution in [0.25, 0.3) is 0 Å². The molecule has 96 valence electrons. The molecular formula is C13H15NO3S. The monoisotopic (exact) mass is 265 g/mol. The second-order valence-corrected chi connectivity index (χ2v) is 5.26. The minimum Gasteiger partial charge on any atom is -0.465 e. The minimum absolute atomic E-state index is 0.00943. The summed E-state index contributed by atoms with van der Waals surface area (Å²) in [6.07, 6.45) is 6.81. The molecule has 0 bridgehead atoms. The number of carbonyl (C=O) groups is 2. The maximum absolute atomic E-state index is 11.8. The molecule has 0 fully saturated rings. The summed E-state index contributed by atoms with van der Waals surface area (Å²) >= 11 is 1.23. The second kappa shape index (κ2) is 5.82. The Balaban J connectivity index is 1.88. The highest BCUT2D eigenvalue weighted by atomic mass is 32.1. The molecule has 0 saturated heterocycles. The molecule has 1 aromatic rings. The third-order valence-corrected chi connectivity index (χ3v) is 3.80. The highest BCUT2D eigenvalue weighted by Crippen LogP contribution is 2.24. The number of amides is 1. The molecule has 1 heterocycles. The molecule has 1 N–H and O–H groups in total. The number of carbonyl (C=O) groups excluding carboxylic acids is 2. The summed E-state index contributed by atoms with van der Waals surface area (Å²) in [7, 11) is 1.34. The third-order valence-electron chi connectivity index (χ3n) is 2.82. The van der Waals surface area contributed by atoms with Crippen LogP contribution in [0.3, 0.4) is 0 Å². The van der Waals surface area contributed by atoms with Crippen molar-refractivity contribution in [1.29, 1.82) is 0 Å². The van der Waals surface area contributed by atoms with Crippen LogP contribution in [0.15, 0.2) is 24.3 Å². The van der Waals surface area contributed by atoms with E-state index in [1.807, 2.05) is 0 Å². The van der Waals surface area contributed by atoms with Gasteiger partial charge in [0.05, 0.1) is 12.1 Å². The van der Waals surface area contributed by atoms with Gasteiger partial charge in [-0.1, -0.05) is 12.2 Å². The molecule has 4 nitrogen and oxygen atoms in total. The van der Waals surface area contributed by atoms with Crippen molar-refractivity contribution in [2.45, 2.75) is 19.3 Å². The Morgan fingerprint density at radius 1 is 1.50 bits per heavy atom. The number of hydrogen-bond acceptors (Lipinski definition) is 4. The van der Waals surface area contributed by atoms with Crippen molar-refractivity contribution in [2.75, 3.05) is 12.4 Å². The molecule has 5 heteroatoms. The molecular weight excluding hydrogens is 250 g/mol. The number of thiophene rings is 1. The Morgan fingerprint density at radius 2 is 2.33 bits per heavy atom. The van der Waals surface area contributed by atoms with Crippen LogP contribution in [0.5, 0.6) is 0 Å². The predicted molar refractivity (Wildman–Crippen MR) is 70.8 cm³/mol. The first-order valence-corrected chi connectivity index (χ1v) is 6.65. The molecule has 0 radical (unpaired) electrons. The molecule has 0 saturated carbocycles. The van der Waals surface area contributed by atoms with E-state index < -0.39 is 0 Å². The van der Waals surface area contributed by atoms with E-state index in [9.17, 15) is 9.59 Å². The fraction of sp³-hybridized carbons (Fsp3) is 0.385. The molecule has 18 heavy (non-hydrogen) atoms. The molecule has 0 aromatic carbocycles. The minimum atomic E-state index is -0.376. The van der Waals surface area contributed by atoms with Crippen LogP contribution in [0, 0.1) is 5.92 Å². The van der Waals surface area contributed by atoms with Crippen molar-refractivity contribution < 1.29 is 14.3 Å². The third kappa shape index (κ3) is 3.20. The van der Waals surface area contributed by atoms with Gasteiger partial charge in [-0.3, -0.25) is 4.79 Å². The lowest BCUT2D eigenvalue weighted by atomic mass is 10.1. The Bertz CT molecular complexity index is 478. The number of anilines is 1. The SMILES string of the molecule is COC(=O)c1ccc(NC(=O)CC2C=CCC2)s1. The second-order valence-electron chi connectivity index (χ2n) is 4.17. The van der Waals surface area contributed by atoms with Crippen LogP contribution in [-0.2, 0) is 9.53 Å². The fourth-order valence-electron chi connectivity index (χ4n) is 1.91. The standard InChI is InChI=1S/C13H15NO3S/c1-17-13(16)10-6-7-12(18-10)14-11(15)8-9-4-2-3-5-9/h2,4,6-7,9H,3,5,8H2,1H3,(H,14,15). The summed E-state index contributed by atoms with van der Waals surface area (Å²) in [5.41, 5.74) is 0. The molecule has 1 aliphatic rings. The first-order chi connectivity index (χ1) is 8.69. The van der Waals surface area contributed by atoms with Crippen LogP contribution in [0.2, 0.25) is 0 Å². The number of methoxy groups -OCH3 is 1. The van der Waals surface area contributed by atoms with Crippen molar-refractivity contribution in [3.63, 3.8) is 0 Å². The summed E-state index contributed by atoms with van der Waals surface area (Å²) < 4.78 is 4.61. The molecule has 1 aromatic heterocycles. The van der Waals surface area contributed by atoms with Gasteiger partial charge in [0.2, 0.25) is 5.91 Å². The summed E-state index contributed by atoms with van der Waals surface area (Å²) in [5.74, 6) is -0.0333. The molecule has 1 amide bonds. The van der Waals surface area contributed by atoms with E-state index >= 15 is 0 Å². The van der Waals surface area contributed by atoms with Gasteiger partial charge in [0.15, 0.2) is 0 Å². The number of hydrogen-bond donors (Lipinski definition) is 1. The maximum Gasteiger partial charge on any atom is 0.348 e. The number of allylic oxidation sites excluding steroid dienone is 2. The quantitative estimate of drug-likeness (QED) is 0.672. The Labute approximate surface area is 110 Å². The van der Waals surface area contributed by atoms with Crippen molar-refractivity contribution >= 4 is 28.2 Å². The van der Waals surface area contributed by atoms with Gasteiger partial charge in [0.1, 0.15) is 4.88 Å². The Kier molecular flexibility index (Phi) is 4.15. The lowest BCUT2D eigenvalue weighted by molar-refractivity contribution is -0.116. The highest BCUT2D eigenvalue weighted by Gasteiger charge is 2.15. The summed E-state index contributed by atoms with van der Waals surface area (Å²) in [4.78, 5) is 23.5. The first-order valence-electron chi connectivity index (χ1n) is 5.83. The van der Waals surface area contributed by atoms with E-state index in [0.717, 1.165) is 12.8 Å². The topological polar surface area (TPSA) is 55.4 Å². The number of rotatable bonds is 4. The fourth-order valence-corrected chi connectivity index (χ4v) is 2.75. The van der Waals surface area contributed by atoms with Crippen LogP contribution in [0.4, 0.5) is 5.00 Å². The van der Waals surface area contributed by atoms with Gasteiger partial charge < -0.3 is 10.1 Å². The highest BCUT2D eigenvalue weighted by molar-refractivity contribution is 7.18. The van der Waals surface area contributed by atoms with Gasteiger partial charge in [0, 0.05) is 6.42 Å². The summed E-state index contributed by atoms with van der Waals surface area (Å²) in [6, 6.07) is 3.38. The van der Waals surface area contributed by atoms with Crippen LogP contribution < -0.4 is 5.32 Å². The van der Waals surface area contributed by atoms with Gasteiger partial charge in [0.25, 0.3) is 0 Å².